The first-order valence-corrected chi connectivity index (χ1v) is 10.9. The lowest BCUT2D eigenvalue weighted by Crippen LogP contribution is -2.43. The number of hydrogen-bond donors (Lipinski definition) is 2. The molecule has 1 aromatic heterocycles. The molecule has 8 nitrogen and oxygen atoms in total. The molecule has 2 fully saturated rings. The number of nitrogens with two attached hydrogens (primary N) is 1. The van der Waals surface area contributed by atoms with Crippen molar-refractivity contribution < 1.29 is 18.7 Å². The van der Waals surface area contributed by atoms with Gasteiger partial charge in [-0.25, -0.2) is 4.79 Å². The Morgan fingerprint density at radius 2 is 2.07 bits per heavy atom. The number of piperidine rings is 1. The van der Waals surface area contributed by atoms with E-state index in [0.29, 0.717) is 12.6 Å². The summed E-state index contributed by atoms with van der Waals surface area (Å²) in [6, 6.07) is 6.01. The molecule has 1 aliphatic carbocycles. The maximum atomic E-state index is 11.0. The van der Waals surface area contributed by atoms with Gasteiger partial charge in [0.05, 0.1) is 19.3 Å². The first-order valence-electron chi connectivity index (χ1n) is 10.9. The molecule has 1 unspecified atom stereocenters. The summed E-state index contributed by atoms with van der Waals surface area (Å²) in [6.45, 7) is 7.06. The third-order valence-electron chi connectivity index (χ3n) is 6.06. The molecule has 2 heterocycles. The molecular formula is C22H32N4O4. The second kappa shape index (κ2) is 9.12. The van der Waals surface area contributed by atoms with Gasteiger partial charge in [0.2, 0.25) is 0 Å². The van der Waals surface area contributed by atoms with Crippen LogP contribution in [0.4, 0.5) is 10.8 Å². The predicted molar refractivity (Wildman–Crippen MR) is 115 cm³/mol. The van der Waals surface area contributed by atoms with Crippen LogP contribution in [-0.2, 0) is 4.74 Å². The van der Waals surface area contributed by atoms with Crippen LogP contribution in [0.25, 0.3) is 11.1 Å². The Balaban J connectivity index is 1.26. The average molecular weight is 417 g/mol. The van der Waals surface area contributed by atoms with Crippen molar-refractivity contribution in [1.82, 2.24) is 10.3 Å². The first-order chi connectivity index (χ1) is 14.5. The average Bonchev–Trinajstić information content (AvgIpc) is 3.47. The van der Waals surface area contributed by atoms with E-state index < -0.39 is 6.03 Å². The van der Waals surface area contributed by atoms with E-state index in [-0.39, 0.29) is 18.1 Å². The van der Waals surface area contributed by atoms with Gasteiger partial charge < -0.3 is 29.8 Å². The number of ether oxygens (including phenoxy) is 2. The minimum absolute atomic E-state index is 0.0134. The van der Waals surface area contributed by atoms with E-state index in [1.807, 2.05) is 25.1 Å². The molecule has 3 N–H and O–H groups in total. The van der Waals surface area contributed by atoms with Gasteiger partial charge in [-0.1, -0.05) is 6.92 Å². The Kier molecular flexibility index (Phi) is 6.32. The summed E-state index contributed by atoms with van der Waals surface area (Å²) < 4.78 is 17.9. The molecule has 1 saturated carbocycles. The molecule has 4 rings (SSSR count). The number of primary amides is 1. The predicted octanol–water partition coefficient (Wildman–Crippen LogP) is 3.29. The number of carbonyl (C=O) groups excluding carboxylic acids is 1. The van der Waals surface area contributed by atoms with Gasteiger partial charge in [0.25, 0.3) is 6.01 Å². The number of urea groups is 1. The van der Waals surface area contributed by atoms with Crippen LogP contribution in [0, 0.1) is 11.8 Å². The summed E-state index contributed by atoms with van der Waals surface area (Å²) in [4.78, 5) is 17.8. The smallest absolute Gasteiger partial charge is 0.312 e. The van der Waals surface area contributed by atoms with Gasteiger partial charge in [-0.05, 0) is 56.6 Å². The minimum atomic E-state index is -0.498. The normalized spacial score (nSPS) is 19.6. The summed E-state index contributed by atoms with van der Waals surface area (Å²) in [6.07, 6.45) is 4.58. The van der Waals surface area contributed by atoms with E-state index in [0.717, 1.165) is 55.3 Å². The summed E-state index contributed by atoms with van der Waals surface area (Å²) in [5.41, 5.74) is 6.81. The van der Waals surface area contributed by atoms with Crippen molar-refractivity contribution in [3.8, 4) is 5.75 Å². The van der Waals surface area contributed by atoms with Gasteiger partial charge in [-0.3, -0.25) is 0 Å². The van der Waals surface area contributed by atoms with Crippen LogP contribution < -0.4 is 20.7 Å². The topological polar surface area (TPSA) is 103 Å². The summed E-state index contributed by atoms with van der Waals surface area (Å²) in [7, 11) is 0. The van der Waals surface area contributed by atoms with Crippen LogP contribution in [-0.4, -0.2) is 49.5 Å². The number of anilines is 1. The molecule has 2 atom stereocenters. The van der Waals surface area contributed by atoms with Crippen molar-refractivity contribution in [2.75, 3.05) is 31.2 Å². The molecule has 8 heteroatoms. The maximum Gasteiger partial charge on any atom is 0.312 e. The maximum absolute atomic E-state index is 11.0. The molecule has 1 saturated heterocycles. The lowest BCUT2D eigenvalue weighted by Gasteiger charge is -2.32. The van der Waals surface area contributed by atoms with Gasteiger partial charge >= 0.3 is 6.03 Å². The molecule has 1 aliphatic heterocycles. The molecule has 2 amide bonds. The number of hydrogen-bond acceptors (Lipinski definition) is 6. The number of nitrogens with one attached hydrogen (secondary N) is 1. The van der Waals surface area contributed by atoms with Gasteiger partial charge in [0.15, 0.2) is 5.58 Å². The highest BCUT2D eigenvalue weighted by Gasteiger charge is 2.25. The van der Waals surface area contributed by atoms with E-state index in [1.54, 1.807) is 0 Å². The van der Waals surface area contributed by atoms with Gasteiger partial charge in [-0.2, -0.15) is 4.98 Å². The van der Waals surface area contributed by atoms with Crippen molar-refractivity contribution in [1.29, 1.82) is 0 Å². The number of benzene rings is 1. The SMILES string of the molecule is CC(NC(N)=O)[C@H](C)COC1CCN(c2nc3ccc(OCC4CC4)cc3o2)CC1. The second-order valence-electron chi connectivity index (χ2n) is 8.67. The Hall–Kier alpha value is -2.48. The molecule has 30 heavy (non-hydrogen) atoms. The first kappa shape index (κ1) is 20.8. The quantitative estimate of drug-likeness (QED) is 0.650. The molecular weight excluding hydrogens is 384 g/mol. The fourth-order valence-corrected chi connectivity index (χ4v) is 3.63. The second-order valence-corrected chi connectivity index (χ2v) is 8.67. The number of nitrogens with zero attached hydrogens (tertiary/aromatic N) is 2. The number of aromatic nitrogens is 1. The lowest BCUT2D eigenvalue weighted by molar-refractivity contribution is 0.0130. The summed E-state index contributed by atoms with van der Waals surface area (Å²) in [5.74, 6) is 1.77. The third kappa shape index (κ3) is 5.36. The Labute approximate surface area is 177 Å². The standard InChI is InChI=1S/C22H32N4O4/c1-14(15(2)24-21(23)27)12-28-17-7-9-26(10-8-17)22-25-19-6-5-18(11-20(19)30-22)29-13-16-3-4-16/h5-6,11,14-17H,3-4,7-10,12-13H2,1-2H3,(H3,23,24,27)/t14-,15?/m1/s1. The highest BCUT2D eigenvalue weighted by Crippen LogP contribution is 2.31. The molecule has 0 spiro atoms. The van der Waals surface area contributed by atoms with E-state index in [1.165, 1.54) is 12.8 Å². The summed E-state index contributed by atoms with van der Waals surface area (Å²) >= 11 is 0. The zero-order chi connectivity index (χ0) is 21.1. The van der Waals surface area contributed by atoms with Crippen molar-refractivity contribution in [3.05, 3.63) is 18.2 Å². The van der Waals surface area contributed by atoms with Gasteiger partial charge in [-0.15, -0.1) is 0 Å². The van der Waals surface area contributed by atoms with Crippen LogP contribution in [0.5, 0.6) is 5.75 Å². The summed E-state index contributed by atoms with van der Waals surface area (Å²) in [5, 5.41) is 2.71. The molecule has 164 valence electrons. The molecule has 2 aliphatic rings. The number of carbonyl (C=O) groups is 1. The van der Waals surface area contributed by atoms with Crippen LogP contribution >= 0.6 is 0 Å². The largest absolute Gasteiger partial charge is 0.493 e. The minimum Gasteiger partial charge on any atom is -0.493 e. The lowest BCUT2D eigenvalue weighted by atomic mass is 10.0. The zero-order valence-corrected chi connectivity index (χ0v) is 17.8. The monoisotopic (exact) mass is 416 g/mol. The zero-order valence-electron chi connectivity index (χ0n) is 17.8. The highest BCUT2D eigenvalue weighted by atomic mass is 16.5. The van der Waals surface area contributed by atoms with Crippen LogP contribution in [0.15, 0.2) is 22.6 Å². The van der Waals surface area contributed by atoms with Gasteiger partial charge in [0, 0.05) is 25.2 Å². The van der Waals surface area contributed by atoms with Crippen LogP contribution in [0.1, 0.15) is 39.5 Å². The van der Waals surface area contributed by atoms with E-state index in [4.69, 9.17) is 19.6 Å². The van der Waals surface area contributed by atoms with E-state index in [2.05, 4.69) is 22.1 Å². The number of rotatable bonds is 9. The number of oxazole rings is 1. The number of amides is 2. The van der Waals surface area contributed by atoms with Crippen molar-refractivity contribution in [2.24, 2.45) is 17.6 Å². The Bertz CT molecular complexity index is 858. The van der Waals surface area contributed by atoms with Crippen LogP contribution in [0.2, 0.25) is 0 Å². The van der Waals surface area contributed by atoms with Crippen molar-refractivity contribution in [2.45, 2.75) is 51.7 Å². The Morgan fingerprint density at radius 1 is 1.30 bits per heavy atom. The molecule has 0 bridgehead atoms. The van der Waals surface area contributed by atoms with E-state index in [9.17, 15) is 4.79 Å². The fraction of sp³-hybridized carbons (Fsp3) is 0.636. The number of fused-ring (bicyclic) bond motifs is 1. The molecule has 1 aromatic carbocycles. The van der Waals surface area contributed by atoms with Gasteiger partial charge in [0.1, 0.15) is 11.3 Å². The van der Waals surface area contributed by atoms with Crippen molar-refractivity contribution >= 4 is 23.1 Å². The van der Waals surface area contributed by atoms with Crippen LogP contribution in [0.3, 0.4) is 0 Å². The Morgan fingerprint density at radius 3 is 2.77 bits per heavy atom. The fourth-order valence-electron chi connectivity index (χ4n) is 3.63. The third-order valence-corrected chi connectivity index (χ3v) is 6.06. The van der Waals surface area contributed by atoms with E-state index >= 15 is 0 Å². The van der Waals surface area contributed by atoms with Crippen molar-refractivity contribution in [3.63, 3.8) is 0 Å². The molecule has 0 radical (unpaired) electrons. The highest BCUT2D eigenvalue weighted by molar-refractivity contribution is 5.76. The molecule has 2 aromatic rings.